The molecule has 0 radical (unpaired) electrons. The van der Waals surface area contributed by atoms with E-state index in [9.17, 15) is 0 Å². The van der Waals surface area contributed by atoms with Gasteiger partial charge in [-0.25, -0.2) is 4.98 Å². The Bertz CT molecular complexity index is 591. The first-order valence-electron chi connectivity index (χ1n) is 6.07. The number of oxime groups is 1. The van der Waals surface area contributed by atoms with Crippen molar-refractivity contribution < 1.29 is 5.21 Å². The van der Waals surface area contributed by atoms with Crippen LogP contribution in [0, 0.1) is 0 Å². The first kappa shape index (κ1) is 13.0. The Morgan fingerprint density at radius 3 is 2.68 bits per heavy atom. The molecular formula is C12H16N6O. The van der Waals surface area contributed by atoms with E-state index in [0.717, 1.165) is 24.1 Å². The predicted molar refractivity (Wildman–Crippen MR) is 70.4 cm³/mol. The van der Waals surface area contributed by atoms with Gasteiger partial charge in [0.05, 0.1) is 11.3 Å². The zero-order valence-electron chi connectivity index (χ0n) is 10.9. The van der Waals surface area contributed by atoms with Crippen molar-refractivity contribution in [2.75, 3.05) is 0 Å². The molecule has 0 aliphatic carbocycles. The van der Waals surface area contributed by atoms with Crippen LogP contribution >= 0.6 is 0 Å². The molecule has 0 saturated carbocycles. The fourth-order valence-electron chi connectivity index (χ4n) is 2.05. The standard InChI is InChI=1S/C12H16N6O/c1-3-8-9(4-2)15-16-12(10(8)11(13)17-19)18-6-5-14-7-18/h5-7,19H,3-4H2,1-2H3,(H2,13,17). The van der Waals surface area contributed by atoms with Crippen molar-refractivity contribution in [1.29, 1.82) is 0 Å². The molecule has 0 atom stereocenters. The summed E-state index contributed by atoms with van der Waals surface area (Å²) in [6.45, 7) is 4.00. The van der Waals surface area contributed by atoms with E-state index in [1.54, 1.807) is 23.3 Å². The molecule has 0 unspecified atom stereocenters. The summed E-state index contributed by atoms with van der Waals surface area (Å²) in [6, 6.07) is 0. The third-order valence-electron chi connectivity index (χ3n) is 2.94. The molecule has 0 bridgehead atoms. The van der Waals surface area contributed by atoms with E-state index in [-0.39, 0.29) is 5.84 Å². The second kappa shape index (κ2) is 5.47. The molecule has 3 N–H and O–H groups in total. The van der Waals surface area contributed by atoms with Gasteiger partial charge >= 0.3 is 0 Å². The van der Waals surface area contributed by atoms with Crippen LogP contribution in [0.3, 0.4) is 0 Å². The zero-order valence-corrected chi connectivity index (χ0v) is 10.9. The van der Waals surface area contributed by atoms with Crippen LogP contribution in [-0.4, -0.2) is 30.8 Å². The lowest BCUT2D eigenvalue weighted by atomic mass is 10.0. The number of rotatable bonds is 4. The molecule has 7 nitrogen and oxygen atoms in total. The third kappa shape index (κ3) is 2.26. The molecule has 0 amide bonds. The van der Waals surface area contributed by atoms with Crippen molar-refractivity contribution in [2.24, 2.45) is 10.9 Å². The highest BCUT2D eigenvalue weighted by Gasteiger charge is 2.19. The number of aryl methyl sites for hydroxylation is 1. The van der Waals surface area contributed by atoms with Crippen molar-refractivity contribution in [3.8, 4) is 5.82 Å². The van der Waals surface area contributed by atoms with Gasteiger partial charge in [-0.3, -0.25) is 4.57 Å². The summed E-state index contributed by atoms with van der Waals surface area (Å²) in [7, 11) is 0. The van der Waals surface area contributed by atoms with Crippen LogP contribution in [0.5, 0.6) is 0 Å². The van der Waals surface area contributed by atoms with E-state index >= 15 is 0 Å². The maximum absolute atomic E-state index is 8.98. The van der Waals surface area contributed by atoms with E-state index in [1.165, 1.54) is 0 Å². The fraction of sp³-hybridized carbons (Fsp3) is 0.333. The highest BCUT2D eigenvalue weighted by molar-refractivity contribution is 6.01. The summed E-state index contributed by atoms with van der Waals surface area (Å²) in [5, 5.41) is 20.5. The molecule has 19 heavy (non-hydrogen) atoms. The van der Waals surface area contributed by atoms with Gasteiger partial charge < -0.3 is 10.9 Å². The van der Waals surface area contributed by atoms with E-state index in [2.05, 4.69) is 20.3 Å². The monoisotopic (exact) mass is 260 g/mol. The number of hydrogen-bond acceptors (Lipinski definition) is 5. The maximum atomic E-state index is 8.98. The Morgan fingerprint density at radius 2 is 2.16 bits per heavy atom. The fourth-order valence-corrected chi connectivity index (χ4v) is 2.05. The number of hydrogen-bond donors (Lipinski definition) is 2. The predicted octanol–water partition coefficient (Wildman–Crippen LogP) is 0.882. The van der Waals surface area contributed by atoms with Crippen molar-refractivity contribution in [1.82, 2.24) is 19.7 Å². The molecule has 2 rings (SSSR count). The molecule has 100 valence electrons. The second-order valence-corrected chi connectivity index (χ2v) is 3.99. The Balaban J connectivity index is 2.74. The summed E-state index contributed by atoms with van der Waals surface area (Å²) in [4.78, 5) is 3.97. The van der Waals surface area contributed by atoms with Crippen molar-refractivity contribution >= 4 is 5.84 Å². The van der Waals surface area contributed by atoms with Crippen LogP contribution in [-0.2, 0) is 12.8 Å². The Kier molecular flexibility index (Phi) is 3.74. The largest absolute Gasteiger partial charge is 0.409 e. The third-order valence-corrected chi connectivity index (χ3v) is 2.94. The number of amidine groups is 1. The van der Waals surface area contributed by atoms with Gasteiger partial charge in [-0.05, 0) is 18.4 Å². The van der Waals surface area contributed by atoms with Crippen LogP contribution in [0.15, 0.2) is 23.9 Å². The van der Waals surface area contributed by atoms with Gasteiger partial charge in [0.2, 0.25) is 0 Å². The molecule has 0 fully saturated rings. The number of nitrogens with two attached hydrogens (primary N) is 1. The summed E-state index contributed by atoms with van der Waals surface area (Å²) in [5.41, 5.74) is 8.20. The Hall–Kier alpha value is -2.44. The first-order valence-corrected chi connectivity index (χ1v) is 6.07. The molecule has 0 spiro atoms. The molecule has 7 heteroatoms. The van der Waals surface area contributed by atoms with Crippen LogP contribution in [0.4, 0.5) is 0 Å². The SMILES string of the molecule is CCc1nnc(-n2ccnc2)c(/C(N)=N/O)c1CC. The number of nitrogens with zero attached hydrogens (tertiary/aromatic N) is 5. The Morgan fingerprint density at radius 1 is 1.37 bits per heavy atom. The molecule has 2 aromatic heterocycles. The van der Waals surface area contributed by atoms with Crippen LogP contribution in [0.1, 0.15) is 30.7 Å². The van der Waals surface area contributed by atoms with Gasteiger partial charge in [-0.2, -0.15) is 5.10 Å². The van der Waals surface area contributed by atoms with E-state index < -0.39 is 0 Å². The van der Waals surface area contributed by atoms with Crippen molar-refractivity contribution in [2.45, 2.75) is 26.7 Å². The topological polar surface area (TPSA) is 102 Å². The molecule has 0 saturated heterocycles. The second-order valence-electron chi connectivity index (χ2n) is 3.99. The van der Waals surface area contributed by atoms with Crippen LogP contribution < -0.4 is 5.73 Å². The summed E-state index contributed by atoms with van der Waals surface area (Å²) in [5.74, 6) is 0.548. The molecule has 0 aliphatic heterocycles. The normalized spacial score (nSPS) is 11.8. The van der Waals surface area contributed by atoms with Gasteiger partial charge in [0.1, 0.15) is 6.33 Å². The molecular weight excluding hydrogens is 244 g/mol. The molecule has 2 heterocycles. The van der Waals surface area contributed by atoms with Crippen molar-refractivity contribution in [3.05, 3.63) is 35.5 Å². The maximum Gasteiger partial charge on any atom is 0.174 e. The van der Waals surface area contributed by atoms with Gasteiger partial charge in [-0.15, -0.1) is 5.10 Å². The van der Waals surface area contributed by atoms with Crippen molar-refractivity contribution in [3.63, 3.8) is 0 Å². The summed E-state index contributed by atoms with van der Waals surface area (Å²) in [6.07, 6.45) is 6.45. The molecule has 0 aromatic carbocycles. The highest BCUT2D eigenvalue weighted by Crippen LogP contribution is 2.19. The quantitative estimate of drug-likeness (QED) is 0.368. The lowest BCUT2D eigenvalue weighted by Crippen LogP contribution is -2.22. The summed E-state index contributed by atoms with van der Waals surface area (Å²) >= 11 is 0. The average Bonchev–Trinajstić information content (AvgIpc) is 2.98. The van der Waals surface area contributed by atoms with Gasteiger partial charge in [0.25, 0.3) is 0 Å². The first-order chi connectivity index (χ1) is 9.22. The van der Waals surface area contributed by atoms with E-state index in [1.807, 2.05) is 13.8 Å². The molecule has 0 aliphatic rings. The van der Waals surface area contributed by atoms with Gasteiger partial charge in [0.15, 0.2) is 11.7 Å². The van der Waals surface area contributed by atoms with Crippen LogP contribution in [0.2, 0.25) is 0 Å². The lowest BCUT2D eigenvalue weighted by Gasteiger charge is -2.14. The minimum Gasteiger partial charge on any atom is -0.409 e. The lowest BCUT2D eigenvalue weighted by molar-refractivity contribution is 0.318. The van der Waals surface area contributed by atoms with Crippen LogP contribution in [0.25, 0.3) is 5.82 Å². The zero-order chi connectivity index (χ0) is 13.8. The number of imidazole rings is 1. The van der Waals surface area contributed by atoms with Gasteiger partial charge in [-0.1, -0.05) is 19.0 Å². The van der Waals surface area contributed by atoms with E-state index in [0.29, 0.717) is 11.4 Å². The van der Waals surface area contributed by atoms with E-state index in [4.69, 9.17) is 10.9 Å². The molecule has 2 aromatic rings. The average molecular weight is 260 g/mol. The minimum absolute atomic E-state index is 0.0325. The smallest absolute Gasteiger partial charge is 0.174 e. The highest BCUT2D eigenvalue weighted by atomic mass is 16.4. The minimum atomic E-state index is 0.0325. The van der Waals surface area contributed by atoms with Gasteiger partial charge in [0, 0.05) is 12.4 Å². The Labute approximate surface area is 110 Å². The number of aromatic nitrogens is 4. The summed E-state index contributed by atoms with van der Waals surface area (Å²) < 4.78 is 1.69.